The molecule has 11 nitrogen and oxygen atoms in total. The highest BCUT2D eigenvalue weighted by molar-refractivity contribution is 9.10. The minimum absolute atomic E-state index is 0.414. The Morgan fingerprint density at radius 3 is 2.25 bits per heavy atom. The summed E-state index contributed by atoms with van der Waals surface area (Å²) in [7, 11) is 0. The van der Waals surface area contributed by atoms with Crippen LogP contribution in [0.15, 0.2) is 21.7 Å². The molecule has 3 aromatic heterocycles. The lowest BCUT2D eigenvalue weighted by Crippen LogP contribution is -1.99. The maximum atomic E-state index is 8.58. The Morgan fingerprint density at radius 1 is 1.05 bits per heavy atom. The standard InChI is InChI=1S/C8H2BrN11/c9-3-1-5-6(2-4(3)11-14-10)20-8(13-16-18-20)7-12-15-17-19(5)7/h1-2H. The molecular weight excluding hydrogens is 330 g/mol. The monoisotopic (exact) mass is 331 g/mol. The van der Waals surface area contributed by atoms with Crippen LogP contribution in [-0.4, -0.2) is 40.1 Å². The highest BCUT2D eigenvalue weighted by Crippen LogP contribution is 2.31. The molecule has 96 valence electrons. The molecule has 0 aliphatic heterocycles. The van der Waals surface area contributed by atoms with E-state index in [1.54, 1.807) is 12.1 Å². The van der Waals surface area contributed by atoms with Gasteiger partial charge in [-0.2, -0.15) is 9.03 Å². The van der Waals surface area contributed by atoms with Gasteiger partial charge in [0.2, 0.25) is 11.3 Å². The summed E-state index contributed by atoms with van der Waals surface area (Å²) in [6.45, 7) is 0. The first kappa shape index (κ1) is 11.0. The Labute approximate surface area is 116 Å². The van der Waals surface area contributed by atoms with E-state index >= 15 is 0 Å². The molecule has 0 bridgehead atoms. The summed E-state index contributed by atoms with van der Waals surface area (Å²) in [5, 5.41) is 26.5. The second kappa shape index (κ2) is 3.82. The summed E-state index contributed by atoms with van der Waals surface area (Å²) >= 11 is 3.34. The molecule has 0 saturated heterocycles. The van der Waals surface area contributed by atoms with Crippen molar-refractivity contribution in [3.63, 3.8) is 0 Å². The van der Waals surface area contributed by atoms with E-state index in [9.17, 15) is 0 Å². The van der Waals surface area contributed by atoms with Gasteiger partial charge in [0.15, 0.2) is 0 Å². The Bertz CT molecular complexity index is 1020. The molecule has 0 atom stereocenters. The summed E-state index contributed by atoms with van der Waals surface area (Å²) in [4.78, 5) is 2.78. The lowest BCUT2D eigenvalue weighted by molar-refractivity contribution is 0.827. The third kappa shape index (κ3) is 1.31. The van der Waals surface area contributed by atoms with Gasteiger partial charge in [-0.1, -0.05) is 21.0 Å². The number of hydrogen-bond donors (Lipinski definition) is 0. The van der Waals surface area contributed by atoms with Crippen LogP contribution < -0.4 is 0 Å². The Kier molecular flexibility index (Phi) is 2.10. The molecule has 0 fully saturated rings. The van der Waals surface area contributed by atoms with Gasteiger partial charge in [0.1, 0.15) is 0 Å². The number of tetrazole rings is 2. The Hall–Kier alpha value is -2.85. The van der Waals surface area contributed by atoms with Crippen molar-refractivity contribution in [2.24, 2.45) is 5.11 Å². The van der Waals surface area contributed by atoms with Crippen LogP contribution in [0.5, 0.6) is 0 Å². The smallest absolute Gasteiger partial charge is 0.187 e. The first-order valence-electron chi connectivity index (χ1n) is 5.26. The molecule has 0 spiro atoms. The van der Waals surface area contributed by atoms with Crippen LogP contribution in [-0.2, 0) is 0 Å². The van der Waals surface area contributed by atoms with Crippen molar-refractivity contribution in [3.8, 4) is 0 Å². The number of nitrogens with zero attached hydrogens (tertiary/aromatic N) is 11. The van der Waals surface area contributed by atoms with Crippen LogP contribution in [0.1, 0.15) is 0 Å². The third-order valence-electron chi connectivity index (χ3n) is 2.79. The molecule has 0 N–H and O–H groups in total. The fourth-order valence-corrected chi connectivity index (χ4v) is 2.39. The van der Waals surface area contributed by atoms with Gasteiger partial charge in [0.25, 0.3) is 0 Å². The van der Waals surface area contributed by atoms with Crippen molar-refractivity contribution >= 4 is 43.9 Å². The van der Waals surface area contributed by atoms with Gasteiger partial charge < -0.3 is 0 Å². The second-order valence-electron chi connectivity index (χ2n) is 3.81. The van der Waals surface area contributed by atoms with Crippen LogP contribution >= 0.6 is 15.9 Å². The molecule has 4 rings (SSSR count). The number of benzene rings is 1. The normalized spacial score (nSPS) is 11.2. The first-order valence-corrected chi connectivity index (χ1v) is 6.05. The molecule has 0 amide bonds. The molecule has 20 heavy (non-hydrogen) atoms. The third-order valence-corrected chi connectivity index (χ3v) is 3.43. The van der Waals surface area contributed by atoms with Crippen molar-refractivity contribution in [1.82, 2.24) is 40.1 Å². The number of aromatic nitrogens is 8. The van der Waals surface area contributed by atoms with Gasteiger partial charge in [0, 0.05) is 9.38 Å². The van der Waals surface area contributed by atoms with Crippen LogP contribution in [0.2, 0.25) is 0 Å². The van der Waals surface area contributed by atoms with E-state index in [0.717, 1.165) is 0 Å². The lowest BCUT2D eigenvalue weighted by Gasteiger charge is -2.04. The zero-order valence-electron chi connectivity index (χ0n) is 9.45. The maximum Gasteiger partial charge on any atom is 0.226 e. The molecule has 0 saturated carbocycles. The van der Waals surface area contributed by atoms with E-state index in [0.29, 0.717) is 32.5 Å². The van der Waals surface area contributed by atoms with Crippen LogP contribution in [0, 0.1) is 0 Å². The SMILES string of the molecule is [N-]=[N+]=Nc1cc2c(cc1Br)n1nnnc1c1nnnn21. The van der Waals surface area contributed by atoms with Crippen molar-refractivity contribution in [1.29, 1.82) is 0 Å². The number of hydrogen-bond acceptors (Lipinski definition) is 7. The largest absolute Gasteiger partial charge is 0.226 e. The van der Waals surface area contributed by atoms with Crippen molar-refractivity contribution in [3.05, 3.63) is 27.0 Å². The first-order chi connectivity index (χ1) is 9.79. The van der Waals surface area contributed by atoms with E-state index in [4.69, 9.17) is 5.53 Å². The van der Waals surface area contributed by atoms with Crippen LogP contribution in [0.4, 0.5) is 5.69 Å². The van der Waals surface area contributed by atoms with E-state index < -0.39 is 0 Å². The highest BCUT2D eigenvalue weighted by atomic mass is 79.9. The fraction of sp³-hybridized carbons (Fsp3) is 0. The van der Waals surface area contributed by atoms with Crippen LogP contribution in [0.3, 0.4) is 0 Å². The van der Waals surface area contributed by atoms with E-state index in [2.05, 4.69) is 57.0 Å². The summed E-state index contributed by atoms with van der Waals surface area (Å²) < 4.78 is 3.63. The minimum Gasteiger partial charge on any atom is -0.187 e. The number of azide groups is 1. The second-order valence-corrected chi connectivity index (χ2v) is 4.66. The van der Waals surface area contributed by atoms with Crippen LogP contribution in [0.25, 0.3) is 32.8 Å². The molecule has 0 aliphatic rings. The fourth-order valence-electron chi connectivity index (χ4n) is 1.98. The number of rotatable bonds is 1. The predicted molar refractivity (Wildman–Crippen MR) is 69.1 cm³/mol. The predicted octanol–water partition coefficient (Wildman–Crippen LogP) is 1.42. The average molecular weight is 332 g/mol. The molecular formula is C8H2BrN11. The van der Waals surface area contributed by atoms with Gasteiger partial charge >= 0.3 is 0 Å². The minimum atomic E-state index is 0.414. The van der Waals surface area contributed by atoms with E-state index in [1.807, 2.05) is 0 Å². The summed E-state index contributed by atoms with van der Waals surface area (Å²) in [5.74, 6) is 0. The molecule has 0 unspecified atom stereocenters. The van der Waals surface area contributed by atoms with E-state index in [-0.39, 0.29) is 0 Å². The molecule has 0 radical (unpaired) electrons. The molecule has 1 aromatic carbocycles. The van der Waals surface area contributed by atoms with Crippen molar-refractivity contribution in [2.75, 3.05) is 0 Å². The van der Waals surface area contributed by atoms with Gasteiger partial charge in [-0.25, -0.2) is 0 Å². The molecule has 12 heteroatoms. The maximum absolute atomic E-state index is 8.58. The lowest BCUT2D eigenvalue weighted by atomic mass is 10.2. The molecule has 0 aliphatic carbocycles. The average Bonchev–Trinajstić information content (AvgIpc) is 3.07. The van der Waals surface area contributed by atoms with Crippen molar-refractivity contribution in [2.45, 2.75) is 0 Å². The van der Waals surface area contributed by atoms with Gasteiger partial charge in [-0.3, -0.25) is 0 Å². The van der Waals surface area contributed by atoms with Gasteiger partial charge in [0.05, 0.1) is 16.7 Å². The molecule has 4 aromatic rings. The molecule has 3 heterocycles. The summed E-state index contributed by atoms with van der Waals surface area (Å²) in [6.07, 6.45) is 0. The quantitative estimate of drug-likeness (QED) is 0.294. The number of fused-ring (bicyclic) bond motifs is 6. The summed E-state index contributed by atoms with van der Waals surface area (Å²) in [5.41, 5.74) is 11.1. The highest BCUT2D eigenvalue weighted by Gasteiger charge is 2.15. The zero-order chi connectivity index (χ0) is 13.7. The Balaban J connectivity index is 2.33. The van der Waals surface area contributed by atoms with E-state index in [1.165, 1.54) is 9.03 Å². The number of halogens is 1. The van der Waals surface area contributed by atoms with Gasteiger partial charge in [-0.05, 0) is 38.5 Å². The Morgan fingerprint density at radius 2 is 1.65 bits per heavy atom. The summed E-state index contributed by atoms with van der Waals surface area (Å²) in [6, 6.07) is 3.40. The zero-order valence-corrected chi connectivity index (χ0v) is 11.0. The van der Waals surface area contributed by atoms with Gasteiger partial charge in [-0.15, -0.1) is 10.2 Å². The van der Waals surface area contributed by atoms with Crippen molar-refractivity contribution < 1.29 is 0 Å². The topological polar surface area (TPSA) is 135 Å².